The highest BCUT2D eigenvalue weighted by atomic mass is 32.2. The third-order valence-electron chi connectivity index (χ3n) is 8.20. The topological polar surface area (TPSA) is 83.9 Å². The normalized spacial score (nSPS) is 21.2. The Kier molecular flexibility index (Phi) is 8.26. The molecule has 1 atom stereocenters. The maximum Gasteiger partial charge on any atom is 0.303 e. The first-order valence-electron chi connectivity index (χ1n) is 14.0. The first kappa shape index (κ1) is 27.3. The number of carbonyl (C=O) groups is 1. The van der Waals surface area contributed by atoms with Crippen LogP contribution in [0.15, 0.2) is 72.8 Å². The molecule has 3 aromatic carbocycles. The molecule has 0 radical (unpaired) electrons. The number of fused-ring (bicyclic) bond motifs is 1. The molecule has 6 nitrogen and oxygen atoms in total. The Morgan fingerprint density at radius 2 is 1.64 bits per heavy atom. The fraction of sp³-hybridized carbons (Fsp3) is 0.406. The maximum absolute atomic E-state index is 13.5. The van der Waals surface area contributed by atoms with Gasteiger partial charge in [0, 0.05) is 6.42 Å². The molecule has 2 aliphatic rings. The highest BCUT2D eigenvalue weighted by molar-refractivity contribution is 7.92. The van der Waals surface area contributed by atoms with Crippen molar-refractivity contribution in [3.63, 3.8) is 0 Å². The summed E-state index contributed by atoms with van der Waals surface area (Å²) < 4.78 is 34.7. The summed E-state index contributed by atoms with van der Waals surface area (Å²) >= 11 is 0. The minimum absolute atomic E-state index is 0.0472. The predicted molar refractivity (Wildman–Crippen MR) is 155 cm³/mol. The second-order valence-electron chi connectivity index (χ2n) is 10.9. The van der Waals surface area contributed by atoms with E-state index in [0.29, 0.717) is 36.2 Å². The first-order chi connectivity index (χ1) is 18.8. The van der Waals surface area contributed by atoms with Crippen LogP contribution in [0.1, 0.15) is 68.9 Å². The van der Waals surface area contributed by atoms with E-state index < -0.39 is 16.0 Å². The van der Waals surface area contributed by atoms with Gasteiger partial charge in [0.1, 0.15) is 11.9 Å². The second-order valence-corrected chi connectivity index (χ2v) is 12.8. The number of nitrogens with zero attached hydrogens (tertiary/aromatic N) is 1. The van der Waals surface area contributed by atoms with Crippen LogP contribution in [-0.4, -0.2) is 32.1 Å². The van der Waals surface area contributed by atoms with Crippen LogP contribution < -0.4 is 9.04 Å². The monoisotopic (exact) mass is 547 g/mol. The van der Waals surface area contributed by atoms with Gasteiger partial charge in [0.25, 0.3) is 0 Å². The number of sulfonamides is 1. The average Bonchev–Trinajstić information content (AvgIpc) is 2.95. The van der Waals surface area contributed by atoms with E-state index in [4.69, 9.17) is 9.84 Å². The Bertz CT molecular complexity index is 1380. The lowest BCUT2D eigenvalue weighted by Crippen LogP contribution is -2.43. The molecule has 0 amide bonds. The van der Waals surface area contributed by atoms with E-state index >= 15 is 0 Å². The van der Waals surface area contributed by atoms with Gasteiger partial charge in [0.2, 0.25) is 10.0 Å². The quantitative estimate of drug-likeness (QED) is 0.312. The van der Waals surface area contributed by atoms with Crippen LogP contribution >= 0.6 is 0 Å². The fourth-order valence-electron chi connectivity index (χ4n) is 5.89. The Morgan fingerprint density at radius 1 is 0.949 bits per heavy atom. The number of aliphatic carboxylic acids is 1. The lowest BCUT2D eigenvalue weighted by atomic mass is 9.77. The summed E-state index contributed by atoms with van der Waals surface area (Å²) in [5, 5.41) is 8.95. The minimum Gasteiger partial charge on any atom is -0.486 e. The van der Waals surface area contributed by atoms with Gasteiger partial charge in [0.15, 0.2) is 0 Å². The van der Waals surface area contributed by atoms with Crippen molar-refractivity contribution in [2.75, 3.05) is 10.8 Å². The zero-order valence-corrected chi connectivity index (χ0v) is 23.3. The highest BCUT2D eigenvalue weighted by Gasteiger charge is 2.33. The van der Waals surface area contributed by atoms with Crippen LogP contribution in [0, 0.1) is 5.92 Å². The van der Waals surface area contributed by atoms with Gasteiger partial charge in [-0.25, -0.2) is 8.42 Å². The first-order valence-corrected chi connectivity index (χ1v) is 15.6. The average molecular weight is 548 g/mol. The van der Waals surface area contributed by atoms with Gasteiger partial charge in [-0.15, -0.1) is 0 Å². The van der Waals surface area contributed by atoms with E-state index in [0.717, 1.165) is 48.8 Å². The molecule has 0 bridgehead atoms. The lowest BCUT2D eigenvalue weighted by Gasteiger charge is -2.35. The largest absolute Gasteiger partial charge is 0.486 e. The zero-order valence-electron chi connectivity index (χ0n) is 22.5. The molecule has 0 spiro atoms. The van der Waals surface area contributed by atoms with Crippen LogP contribution in [0.25, 0.3) is 11.1 Å². The summed E-state index contributed by atoms with van der Waals surface area (Å²) in [5.74, 6) is 0.892. The summed E-state index contributed by atoms with van der Waals surface area (Å²) in [6.07, 6.45) is 5.94. The van der Waals surface area contributed by atoms with Crippen molar-refractivity contribution in [3.8, 4) is 16.9 Å². The van der Waals surface area contributed by atoms with Gasteiger partial charge in [-0.3, -0.25) is 9.10 Å². The number of anilines is 1. The molecule has 1 fully saturated rings. The van der Waals surface area contributed by atoms with Crippen molar-refractivity contribution in [1.29, 1.82) is 0 Å². The number of carboxylic acids is 1. The molecule has 5 rings (SSSR count). The van der Waals surface area contributed by atoms with Gasteiger partial charge >= 0.3 is 5.97 Å². The molecule has 39 heavy (non-hydrogen) atoms. The number of benzene rings is 3. The predicted octanol–water partition coefficient (Wildman–Crippen LogP) is 7.00. The molecule has 1 unspecified atom stereocenters. The molecule has 0 saturated heterocycles. The van der Waals surface area contributed by atoms with Crippen LogP contribution in [0.4, 0.5) is 5.69 Å². The van der Waals surface area contributed by atoms with Gasteiger partial charge in [0.05, 0.1) is 18.0 Å². The van der Waals surface area contributed by atoms with Crippen molar-refractivity contribution in [2.45, 2.75) is 69.6 Å². The highest BCUT2D eigenvalue weighted by Crippen LogP contribution is 2.41. The SMILES string of the molecule is CCC1CN(S(=O)(=O)Cc2ccccc2)c2ccc(-c3ccc(C4CCC(CCC(=O)O)CC4)cc3)cc2O1. The van der Waals surface area contributed by atoms with Crippen LogP contribution in [-0.2, 0) is 20.6 Å². The third kappa shape index (κ3) is 6.47. The van der Waals surface area contributed by atoms with Gasteiger partial charge < -0.3 is 9.84 Å². The standard InChI is InChI=1S/C32H37NO5S/c1-2-29-21-33(39(36,37)22-24-6-4-3-5-7-24)30-18-17-28(20-31(30)38-29)27-15-13-26(14-16-27)25-11-8-23(9-12-25)10-19-32(34)35/h3-7,13-18,20,23,25,29H,2,8-12,19,21-22H2,1H3,(H,34,35). The van der Waals surface area contributed by atoms with E-state index in [1.165, 1.54) is 9.87 Å². The Hall–Kier alpha value is -3.32. The second kappa shape index (κ2) is 11.8. The molecule has 1 aliphatic carbocycles. The van der Waals surface area contributed by atoms with E-state index in [1.807, 2.05) is 55.5 Å². The number of hydrogen-bond acceptors (Lipinski definition) is 4. The molecule has 1 heterocycles. The van der Waals surface area contributed by atoms with Crippen LogP contribution in [0.5, 0.6) is 5.75 Å². The van der Waals surface area contributed by atoms with E-state index in [1.54, 1.807) is 0 Å². The van der Waals surface area contributed by atoms with E-state index in [-0.39, 0.29) is 18.3 Å². The number of rotatable bonds is 9. The summed E-state index contributed by atoms with van der Waals surface area (Å²) in [4.78, 5) is 10.9. The van der Waals surface area contributed by atoms with Crippen molar-refractivity contribution < 1.29 is 23.1 Å². The molecular weight excluding hydrogens is 510 g/mol. The summed E-state index contributed by atoms with van der Waals surface area (Å²) in [7, 11) is -3.58. The van der Waals surface area contributed by atoms with Crippen molar-refractivity contribution >= 4 is 21.7 Å². The molecular formula is C32H37NO5S. The molecule has 206 valence electrons. The molecule has 0 aromatic heterocycles. The van der Waals surface area contributed by atoms with Crippen molar-refractivity contribution in [2.24, 2.45) is 5.92 Å². The fourth-order valence-corrected chi connectivity index (χ4v) is 7.51. The molecule has 1 aliphatic heterocycles. The van der Waals surface area contributed by atoms with Crippen molar-refractivity contribution in [1.82, 2.24) is 0 Å². The molecule has 3 aromatic rings. The Morgan fingerprint density at radius 3 is 2.31 bits per heavy atom. The van der Waals surface area contributed by atoms with Crippen molar-refractivity contribution in [3.05, 3.63) is 83.9 Å². The number of hydrogen-bond donors (Lipinski definition) is 1. The van der Waals surface area contributed by atoms with Crippen LogP contribution in [0.3, 0.4) is 0 Å². The van der Waals surface area contributed by atoms with Gasteiger partial charge in [-0.05, 0) is 84.7 Å². The van der Waals surface area contributed by atoms with Gasteiger partial charge in [-0.1, -0.05) is 67.6 Å². The zero-order chi connectivity index (χ0) is 27.4. The number of carboxylic acid groups (broad SMARTS) is 1. The van der Waals surface area contributed by atoms with E-state index in [9.17, 15) is 13.2 Å². The summed E-state index contributed by atoms with van der Waals surface area (Å²) in [6, 6.07) is 23.8. The summed E-state index contributed by atoms with van der Waals surface area (Å²) in [5.41, 5.74) is 4.75. The third-order valence-corrected chi connectivity index (χ3v) is 9.92. The van der Waals surface area contributed by atoms with Crippen LogP contribution in [0.2, 0.25) is 0 Å². The van der Waals surface area contributed by atoms with E-state index in [2.05, 4.69) is 24.3 Å². The van der Waals surface area contributed by atoms with Gasteiger partial charge in [-0.2, -0.15) is 0 Å². The Balaban J connectivity index is 1.31. The Labute approximate surface area is 231 Å². The maximum atomic E-state index is 13.5. The lowest BCUT2D eigenvalue weighted by molar-refractivity contribution is -0.137. The number of ether oxygens (including phenoxy) is 1. The molecule has 1 N–H and O–H groups in total. The molecule has 7 heteroatoms. The minimum atomic E-state index is -3.58. The summed E-state index contributed by atoms with van der Waals surface area (Å²) in [6.45, 7) is 2.32. The smallest absolute Gasteiger partial charge is 0.303 e. The molecule has 1 saturated carbocycles.